The molecule has 0 saturated carbocycles. The Morgan fingerprint density at radius 3 is 2.71 bits per heavy atom. The van der Waals surface area contributed by atoms with E-state index < -0.39 is 0 Å². The van der Waals surface area contributed by atoms with Crippen LogP contribution < -0.4 is 15.2 Å². The fraction of sp³-hybridized carbons (Fsp3) is 0.353. The smallest absolute Gasteiger partial charge is 0.320 e. The van der Waals surface area contributed by atoms with Crippen molar-refractivity contribution in [3.8, 4) is 11.8 Å². The van der Waals surface area contributed by atoms with Gasteiger partial charge in [0, 0.05) is 5.56 Å². The highest BCUT2D eigenvalue weighted by atomic mass is 16.5. The van der Waals surface area contributed by atoms with E-state index in [2.05, 4.69) is 21.0 Å². The minimum atomic E-state index is 0.301. The zero-order valence-corrected chi connectivity index (χ0v) is 13.5. The molecule has 4 rings (SSSR count). The van der Waals surface area contributed by atoms with Crippen LogP contribution in [-0.4, -0.2) is 32.7 Å². The maximum absolute atomic E-state index is 6.05. The summed E-state index contributed by atoms with van der Waals surface area (Å²) in [5.41, 5.74) is 8.42. The normalized spacial score (nSPS) is 14.9. The van der Waals surface area contributed by atoms with Gasteiger partial charge in [-0.25, -0.2) is 4.98 Å². The fourth-order valence-electron chi connectivity index (χ4n) is 2.86. The summed E-state index contributed by atoms with van der Waals surface area (Å²) >= 11 is 0. The molecule has 124 valence electrons. The molecule has 3 heterocycles. The van der Waals surface area contributed by atoms with Crippen LogP contribution in [-0.2, 0) is 6.54 Å². The van der Waals surface area contributed by atoms with Gasteiger partial charge in [0.2, 0.25) is 0 Å². The molecule has 0 fully saturated rings. The number of imidazole rings is 1. The second-order valence-corrected chi connectivity index (χ2v) is 5.82. The second kappa shape index (κ2) is 5.99. The van der Waals surface area contributed by atoms with Gasteiger partial charge in [0.15, 0.2) is 17.0 Å². The van der Waals surface area contributed by atoms with Crippen LogP contribution in [0.4, 0.5) is 5.82 Å². The minimum absolute atomic E-state index is 0.301. The number of ether oxygens (including phenoxy) is 2. The number of rotatable bonds is 0. The van der Waals surface area contributed by atoms with E-state index in [4.69, 9.17) is 15.2 Å². The fourth-order valence-corrected chi connectivity index (χ4v) is 2.86. The maximum atomic E-state index is 6.05. The Hall–Kier alpha value is -2.83. The summed E-state index contributed by atoms with van der Waals surface area (Å²) in [4.78, 5) is 13.2. The van der Waals surface area contributed by atoms with Crippen LogP contribution in [0, 0.1) is 6.92 Å². The topological polar surface area (TPSA) is 88.1 Å². The zero-order chi connectivity index (χ0) is 16.5. The average Bonchev–Trinajstić information content (AvgIpc) is 2.89. The van der Waals surface area contributed by atoms with Gasteiger partial charge >= 0.3 is 6.01 Å². The van der Waals surface area contributed by atoms with E-state index in [1.165, 1.54) is 0 Å². The van der Waals surface area contributed by atoms with Gasteiger partial charge < -0.3 is 19.8 Å². The molecule has 1 aliphatic rings. The predicted octanol–water partition coefficient (Wildman–Crippen LogP) is 2.32. The third-order valence-electron chi connectivity index (χ3n) is 4.12. The summed E-state index contributed by atoms with van der Waals surface area (Å²) in [5.74, 6) is 2.06. The summed E-state index contributed by atoms with van der Waals surface area (Å²) in [7, 11) is 0. The number of nitrogens with zero attached hydrogens (tertiary/aromatic N) is 4. The van der Waals surface area contributed by atoms with Crippen molar-refractivity contribution < 1.29 is 9.47 Å². The van der Waals surface area contributed by atoms with Gasteiger partial charge in [0.05, 0.1) is 19.8 Å². The highest BCUT2D eigenvalue weighted by Gasteiger charge is 2.17. The van der Waals surface area contributed by atoms with Gasteiger partial charge in [0.25, 0.3) is 0 Å². The summed E-state index contributed by atoms with van der Waals surface area (Å²) < 4.78 is 13.6. The standard InChI is InChI=1S/C17H19N5O2/c1-11-19-14-15(18)20-17-21-16(14)22(11)10-12-6-2-3-7-13(12)23-8-4-5-9-24-17/h2-3,6-7H,4-5,8-10H2,1H3,(H2,18,20,21). The Balaban J connectivity index is 1.88. The second-order valence-electron chi connectivity index (χ2n) is 5.82. The van der Waals surface area contributed by atoms with Crippen molar-refractivity contribution in [2.45, 2.75) is 26.3 Å². The first-order chi connectivity index (χ1) is 11.7. The molecule has 2 N–H and O–H groups in total. The van der Waals surface area contributed by atoms with E-state index in [9.17, 15) is 0 Å². The van der Waals surface area contributed by atoms with E-state index in [0.29, 0.717) is 42.8 Å². The molecule has 24 heavy (non-hydrogen) atoms. The molecule has 0 amide bonds. The predicted molar refractivity (Wildman–Crippen MR) is 90.2 cm³/mol. The Morgan fingerprint density at radius 1 is 1.04 bits per heavy atom. The number of benzene rings is 1. The minimum Gasteiger partial charge on any atom is -0.493 e. The van der Waals surface area contributed by atoms with E-state index >= 15 is 0 Å². The van der Waals surface area contributed by atoms with Crippen LogP contribution in [0.5, 0.6) is 11.8 Å². The number of anilines is 1. The molecule has 7 heteroatoms. The molecule has 3 aromatic rings. The van der Waals surface area contributed by atoms with Crippen LogP contribution in [0.3, 0.4) is 0 Å². The van der Waals surface area contributed by atoms with Crippen molar-refractivity contribution in [1.82, 2.24) is 19.5 Å². The zero-order valence-electron chi connectivity index (χ0n) is 13.5. The van der Waals surface area contributed by atoms with Gasteiger partial charge in [-0.05, 0) is 25.8 Å². The van der Waals surface area contributed by atoms with Crippen molar-refractivity contribution in [3.05, 3.63) is 35.7 Å². The van der Waals surface area contributed by atoms with Crippen molar-refractivity contribution >= 4 is 17.0 Å². The highest BCUT2D eigenvalue weighted by molar-refractivity contribution is 5.82. The molecular formula is C17H19N5O2. The van der Waals surface area contributed by atoms with Crippen LogP contribution in [0.1, 0.15) is 24.2 Å². The number of aromatic nitrogens is 4. The lowest BCUT2D eigenvalue weighted by Crippen LogP contribution is -2.06. The van der Waals surface area contributed by atoms with E-state index in [1.807, 2.05) is 29.7 Å². The Bertz CT molecular complexity index is 890. The molecule has 0 unspecified atom stereocenters. The number of aryl methyl sites for hydroxylation is 1. The summed E-state index contributed by atoms with van der Waals surface area (Å²) in [5, 5.41) is 0. The van der Waals surface area contributed by atoms with Crippen molar-refractivity contribution in [3.63, 3.8) is 0 Å². The molecule has 0 atom stereocenters. The van der Waals surface area contributed by atoms with Crippen LogP contribution in [0.2, 0.25) is 0 Å². The van der Waals surface area contributed by atoms with E-state index in [1.54, 1.807) is 0 Å². The molecule has 1 aliphatic heterocycles. The van der Waals surface area contributed by atoms with Gasteiger partial charge in [-0.1, -0.05) is 18.2 Å². The number of fused-ring (bicyclic) bond motifs is 2. The number of hydrogen-bond donors (Lipinski definition) is 1. The average molecular weight is 325 g/mol. The molecule has 7 nitrogen and oxygen atoms in total. The molecule has 0 radical (unpaired) electrons. The van der Waals surface area contributed by atoms with E-state index in [-0.39, 0.29) is 0 Å². The van der Waals surface area contributed by atoms with Gasteiger partial charge in [0.1, 0.15) is 11.6 Å². The first-order valence-electron chi connectivity index (χ1n) is 8.06. The molecular weight excluding hydrogens is 306 g/mol. The summed E-state index contributed by atoms with van der Waals surface area (Å²) in [6.07, 6.45) is 1.76. The first-order valence-corrected chi connectivity index (χ1v) is 8.06. The number of para-hydroxylation sites is 1. The van der Waals surface area contributed by atoms with Crippen molar-refractivity contribution in [1.29, 1.82) is 0 Å². The SMILES string of the molecule is Cc1nc2c(N)nc3nc2n1Cc1ccccc1OCCCCO3. The molecule has 1 aromatic carbocycles. The number of hydrogen-bond acceptors (Lipinski definition) is 6. The van der Waals surface area contributed by atoms with Crippen LogP contribution >= 0.6 is 0 Å². The third kappa shape index (κ3) is 2.62. The van der Waals surface area contributed by atoms with Gasteiger partial charge in [-0.15, -0.1) is 0 Å². The molecule has 2 bridgehead atoms. The first kappa shape index (κ1) is 14.7. The Labute approximate surface area is 139 Å². The summed E-state index contributed by atoms with van der Waals surface area (Å²) in [6, 6.07) is 8.34. The summed E-state index contributed by atoms with van der Waals surface area (Å²) in [6.45, 7) is 3.72. The number of nitrogen functional groups attached to an aromatic ring is 1. The lowest BCUT2D eigenvalue weighted by molar-refractivity contribution is 0.255. The maximum Gasteiger partial charge on any atom is 0.320 e. The largest absolute Gasteiger partial charge is 0.493 e. The van der Waals surface area contributed by atoms with Gasteiger partial charge in [-0.2, -0.15) is 9.97 Å². The Kier molecular flexibility index (Phi) is 3.68. The molecule has 0 saturated heterocycles. The molecule has 0 spiro atoms. The van der Waals surface area contributed by atoms with Crippen molar-refractivity contribution in [2.75, 3.05) is 18.9 Å². The Morgan fingerprint density at radius 2 is 1.83 bits per heavy atom. The quantitative estimate of drug-likeness (QED) is 0.682. The molecule has 0 aliphatic carbocycles. The number of nitrogens with two attached hydrogens (primary N) is 1. The third-order valence-corrected chi connectivity index (χ3v) is 4.12. The van der Waals surface area contributed by atoms with Crippen molar-refractivity contribution in [2.24, 2.45) is 0 Å². The van der Waals surface area contributed by atoms with Crippen LogP contribution in [0.25, 0.3) is 11.2 Å². The monoisotopic (exact) mass is 325 g/mol. The lowest BCUT2D eigenvalue weighted by atomic mass is 10.2. The molecule has 2 aromatic heterocycles. The lowest BCUT2D eigenvalue weighted by Gasteiger charge is -2.12. The van der Waals surface area contributed by atoms with Gasteiger partial charge in [-0.3, -0.25) is 0 Å². The van der Waals surface area contributed by atoms with E-state index in [0.717, 1.165) is 30.0 Å². The highest BCUT2D eigenvalue weighted by Crippen LogP contribution is 2.26. The van der Waals surface area contributed by atoms with Crippen LogP contribution in [0.15, 0.2) is 24.3 Å².